The molecule has 21 heavy (non-hydrogen) atoms. The van der Waals surface area contributed by atoms with Crippen molar-refractivity contribution in [3.05, 3.63) is 0 Å². The average molecular weight is 298 g/mol. The zero-order valence-electron chi connectivity index (χ0n) is 13.0. The normalized spacial score (nSPS) is 19.3. The number of hydrogen-bond donors (Lipinski definition) is 4. The number of rotatable bonds is 7. The Morgan fingerprint density at radius 1 is 1.29 bits per heavy atom. The van der Waals surface area contributed by atoms with Crippen LogP contribution < -0.4 is 21.3 Å². The third-order valence-electron chi connectivity index (χ3n) is 3.43. The Bertz CT molecular complexity index is 378. The van der Waals surface area contributed by atoms with Gasteiger partial charge < -0.3 is 16.0 Å². The standard InChI is InChI=1S/C14H26N4O3/c1-9(2)7-11(15-3)13(20)17-8-12(19)18-14(21)10-5-4-6-16-10/h9-11,15-16H,4-8H2,1-3H3,(H,17,20)(H,18,19,21)/t10-,11+/m0/s1. The van der Waals surface area contributed by atoms with Gasteiger partial charge in [-0.05, 0) is 38.8 Å². The summed E-state index contributed by atoms with van der Waals surface area (Å²) in [7, 11) is 1.71. The molecule has 0 aromatic heterocycles. The van der Waals surface area contributed by atoms with E-state index in [0.29, 0.717) is 12.3 Å². The van der Waals surface area contributed by atoms with Crippen molar-refractivity contribution in [2.24, 2.45) is 5.92 Å². The maximum Gasteiger partial charge on any atom is 0.245 e. The van der Waals surface area contributed by atoms with Gasteiger partial charge in [-0.2, -0.15) is 0 Å². The van der Waals surface area contributed by atoms with Crippen molar-refractivity contribution >= 4 is 17.7 Å². The molecule has 7 nitrogen and oxygen atoms in total. The van der Waals surface area contributed by atoms with Gasteiger partial charge in [-0.25, -0.2) is 0 Å². The highest BCUT2D eigenvalue weighted by Gasteiger charge is 2.24. The smallest absolute Gasteiger partial charge is 0.245 e. The first kappa shape index (κ1) is 17.6. The molecular formula is C14H26N4O3. The van der Waals surface area contributed by atoms with Crippen LogP contribution in [-0.2, 0) is 14.4 Å². The zero-order valence-corrected chi connectivity index (χ0v) is 13.0. The Morgan fingerprint density at radius 2 is 2.00 bits per heavy atom. The largest absolute Gasteiger partial charge is 0.346 e. The highest BCUT2D eigenvalue weighted by atomic mass is 16.2. The molecule has 0 radical (unpaired) electrons. The maximum absolute atomic E-state index is 11.9. The third-order valence-corrected chi connectivity index (χ3v) is 3.43. The fraction of sp³-hybridized carbons (Fsp3) is 0.786. The molecule has 1 aliphatic heterocycles. The molecule has 0 aromatic carbocycles. The van der Waals surface area contributed by atoms with Crippen molar-refractivity contribution < 1.29 is 14.4 Å². The number of nitrogens with one attached hydrogen (secondary N) is 4. The van der Waals surface area contributed by atoms with E-state index in [1.807, 2.05) is 13.8 Å². The summed E-state index contributed by atoms with van der Waals surface area (Å²) in [5, 5.41) is 10.8. The molecule has 0 unspecified atom stereocenters. The van der Waals surface area contributed by atoms with Crippen LogP contribution in [-0.4, -0.2) is 49.9 Å². The summed E-state index contributed by atoms with van der Waals surface area (Å²) in [6, 6.07) is -0.624. The minimum atomic E-state index is -0.485. The monoisotopic (exact) mass is 298 g/mol. The zero-order chi connectivity index (χ0) is 15.8. The van der Waals surface area contributed by atoms with Gasteiger partial charge in [-0.3, -0.25) is 19.7 Å². The molecule has 1 fully saturated rings. The van der Waals surface area contributed by atoms with Gasteiger partial charge >= 0.3 is 0 Å². The topological polar surface area (TPSA) is 99.3 Å². The van der Waals surface area contributed by atoms with E-state index in [0.717, 1.165) is 19.4 Å². The fourth-order valence-electron chi connectivity index (χ4n) is 2.30. The molecule has 4 N–H and O–H groups in total. The molecule has 7 heteroatoms. The number of amides is 3. The van der Waals surface area contributed by atoms with E-state index in [2.05, 4.69) is 21.3 Å². The van der Waals surface area contributed by atoms with Gasteiger partial charge in [0, 0.05) is 0 Å². The molecule has 0 aliphatic carbocycles. The summed E-state index contributed by atoms with van der Waals surface area (Å²) in [6.07, 6.45) is 2.36. The second-order valence-electron chi connectivity index (χ2n) is 5.75. The minimum Gasteiger partial charge on any atom is -0.346 e. The lowest BCUT2D eigenvalue weighted by atomic mass is 10.0. The minimum absolute atomic E-state index is 0.187. The predicted molar refractivity (Wildman–Crippen MR) is 79.5 cm³/mol. The summed E-state index contributed by atoms with van der Waals surface area (Å²) >= 11 is 0. The van der Waals surface area contributed by atoms with Crippen LogP contribution >= 0.6 is 0 Å². The van der Waals surface area contributed by atoms with Gasteiger partial charge in [-0.1, -0.05) is 13.8 Å². The molecule has 120 valence electrons. The van der Waals surface area contributed by atoms with Gasteiger partial charge in [-0.15, -0.1) is 0 Å². The number of imide groups is 1. The lowest BCUT2D eigenvalue weighted by molar-refractivity contribution is -0.133. The predicted octanol–water partition coefficient (Wildman–Crippen LogP) is -0.868. The van der Waals surface area contributed by atoms with E-state index >= 15 is 0 Å². The molecule has 0 aromatic rings. The Labute approximate surface area is 125 Å². The van der Waals surface area contributed by atoms with Crippen molar-refractivity contribution in [2.75, 3.05) is 20.1 Å². The second-order valence-corrected chi connectivity index (χ2v) is 5.75. The van der Waals surface area contributed by atoms with Crippen LogP contribution in [0.4, 0.5) is 0 Å². The first-order chi connectivity index (χ1) is 9.93. The number of likely N-dealkylation sites (N-methyl/N-ethyl adjacent to an activating group) is 1. The molecule has 2 atom stereocenters. The number of carbonyl (C=O) groups is 3. The Hall–Kier alpha value is -1.47. The van der Waals surface area contributed by atoms with Crippen LogP contribution in [0.15, 0.2) is 0 Å². The number of carbonyl (C=O) groups excluding carboxylic acids is 3. The molecule has 1 heterocycles. The molecular weight excluding hydrogens is 272 g/mol. The molecule has 1 saturated heterocycles. The highest BCUT2D eigenvalue weighted by molar-refractivity contribution is 5.99. The van der Waals surface area contributed by atoms with Gasteiger partial charge in [0.15, 0.2) is 0 Å². The van der Waals surface area contributed by atoms with Crippen molar-refractivity contribution in [3.63, 3.8) is 0 Å². The van der Waals surface area contributed by atoms with Crippen LogP contribution in [0.2, 0.25) is 0 Å². The van der Waals surface area contributed by atoms with Crippen molar-refractivity contribution in [1.29, 1.82) is 0 Å². The van der Waals surface area contributed by atoms with E-state index in [1.165, 1.54) is 0 Å². The van der Waals surface area contributed by atoms with Gasteiger partial charge in [0.1, 0.15) is 0 Å². The summed E-state index contributed by atoms with van der Waals surface area (Å²) in [5.74, 6) is -0.662. The van der Waals surface area contributed by atoms with E-state index in [9.17, 15) is 14.4 Å². The summed E-state index contributed by atoms with van der Waals surface area (Å²) < 4.78 is 0. The lowest BCUT2D eigenvalue weighted by Crippen LogP contribution is -2.49. The summed E-state index contributed by atoms with van der Waals surface area (Å²) in [5.41, 5.74) is 0. The van der Waals surface area contributed by atoms with E-state index in [1.54, 1.807) is 7.05 Å². The van der Waals surface area contributed by atoms with E-state index in [-0.39, 0.29) is 30.4 Å². The van der Waals surface area contributed by atoms with Crippen molar-refractivity contribution in [3.8, 4) is 0 Å². The Morgan fingerprint density at radius 3 is 2.52 bits per heavy atom. The lowest BCUT2D eigenvalue weighted by Gasteiger charge is -2.17. The van der Waals surface area contributed by atoms with Crippen molar-refractivity contribution in [1.82, 2.24) is 21.3 Å². The van der Waals surface area contributed by atoms with Gasteiger partial charge in [0.05, 0.1) is 18.6 Å². The second kappa shape index (κ2) is 8.74. The van der Waals surface area contributed by atoms with Crippen molar-refractivity contribution in [2.45, 2.75) is 45.2 Å². The first-order valence-electron chi connectivity index (χ1n) is 7.46. The van der Waals surface area contributed by atoms with E-state index < -0.39 is 5.91 Å². The van der Waals surface area contributed by atoms with Crippen LogP contribution in [0.1, 0.15) is 33.1 Å². The van der Waals surface area contributed by atoms with Gasteiger partial charge in [0.2, 0.25) is 17.7 Å². The van der Waals surface area contributed by atoms with Crippen LogP contribution in [0.3, 0.4) is 0 Å². The average Bonchev–Trinajstić information content (AvgIpc) is 2.96. The quantitative estimate of drug-likeness (QED) is 0.490. The van der Waals surface area contributed by atoms with Crippen LogP contribution in [0.25, 0.3) is 0 Å². The maximum atomic E-state index is 11.9. The first-order valence-corrected chi connectivity index (χ1v) is 7.46. The molecule has 3 amide bonds. The molecule has 0 spiro atoms. The summed E-state index contributed by atoms with van der Waals surface area (Å²) in [6.45, 7) is 4.66. The molecule has 1 rings (SSSR count). The Balaban J connectivity index is 2.30. The van der Waals surface area contributed by atoms with E-state index in [4.69, 9.17) is 0 Å². The summed E-state index contributed by atoms with van der Waals surface area (Å²) in [4.78, 5) is 35.3. The molecule has 0 saturated carbocycles. The number of hydrogen-bond acceptors (Lipinski definition) is 5. The third kappa shape index (κ3) is 6.22. The molecule has 0 bridgehead atoms. The van der Waals surface area contributed by atoms with Crippen LogP contribution in [0.5, 0.6) is 0 Å². The Kier molecular flexibility index (Phi) is 7.31. The fourth-order valence-corrected chi connectivity index (χ4v) is 2.30. The highest BCUT2D eigenvalue weighted by Crippen LogP contribution is 2.05. The van der Waals surface area contributed by atoms with Gasteiger partial charge in [0.25, 0.3) is 0 Å². The SMILES string of the molecule is CN[C@H](CC(C)C)C(=O)NCC(=O)NC(=O)[C@@H]1CCCN1. The van der Waals surface area contributed by atoms with Crippen LogP contribution in [0, 0.1) is 5.92 Å². The molecule has 1 aliphatic rings.